The molecular weight excluding hydrogens is 250 g/mol. The lowest BCUT2D eigenvalue weighted by atomic mass is 10.1. The van der Waals surface area contributed by atoms with Crippen molar-refractivity contribution in [2.24, 2.45) is 0 Å². The average Bonchev–Trinajstić information content (AvgIpc) is 2.53. The molecule has 0 atom stereocenters. The first-order valence-electron chi connectivity index (χ1n) is 6.33. The van der Waals surface area contributed by atoms with E-state index in [1.807, 2.05) is 39.5 Å². The number of alkyl halides is 1. The van der Waals surface area contributed by atoms with Crippen LogP contribution in [0.4, 0.5) is 0 Å². The summed E-state index contributed by atoms with van der Waals surface area (Å²) in [5.41, 5.74) is 1.64. The van der Waals surface area contributed by atoms with Crippen LogP contribution in [-0.2, 0) is 0 Å². The van der Waals surface area contributed by atoms with Gasteiger partial charge in [0.05, 0.1) is 5.56 Å². The molecule has 18 heavy (non-hydrogen) atoms. The van der Waals surface area contributed by atoms with Gasteiger partial charge in [-0.05, 0) is 41.0 Å². The Balaban J connectivity index is 3.02. The maximum atomic E-state index is 12.6. The minimum Gasteiger partial charge on any atom is -0.466 e. The molecule has 1 amide bonds. The summed E-state index contributed by atoms with van der Waals surface area (Å²) in [6.45, 7) is 10.4. The second kappa shape index (κ2) is 6.28. The molecule has 0 N–H and O–H groups in total. The zero-order valence-electron chi connectivity index (χ0n) is 11.8. The van der Waals surface area contributed by atoms with Gasteiger partial charge in [0.25, 0.3) is 5.91 Å². The molecule has 0 unspecified atom stereocenters. The van der Waals surface area contributed by atoms with Crippen LogP contribution in [0.15, 0.2) is 4.42 Å². The summed E-state index contributed by atoms with van der Waals surface area (Å²) in [7, 11) is 0. The number of hydrogen-bond acceptors (Lipinski definition) is 2. The second-order valence-electron chi connectivity index (χ2n) is 4.85. The smallest absolute Gasteiger partial charge is 0.257 e. The molecule has 0 saturated heterocycles. The van der Waals surface area contributed by atoms with Crippen LogP contribution in [-0.4, -0.2) is 29.3 Å². The van der Waals surface area contributed by atoms with Gasteiger partial charge in [0, 0.05) is 24.0 Å². The molecule has 0 aliphatic heterocycles. The summed E-state index contributed by atoms with van der Waals surface area (Å²) < 4.78 is 5.53. The Morgan fingerprint density at radius 3 is 2.28 bits per heavy atom. The third kappa shape index (κ3) is 3.08. The lowest BCUT2D eigenvalue weighted by Crippen LogP contribution is -2.38. The van der Waals surface area contributed by atoms with Crippen LogP contribution in [0.5, 0.6) is 0 Å². The van der Waals surface area contributed by atoms with Gasteiger partial charge < -0.3 is 9.32 Å². The molecule has 0 aliphatic carbocycles. The molecule has 3 nitrogen and oxygen atoms in total. The summed E-state index contributed by atoms with van der Waals surface area (Å²) in [6.07, 6.45) is 0.806. The van der Waals surface area contributed by atoms with E-state index in [9.17, 15) is 4.79 Å². The predicted octanol–water partition coefficient (Wildman–Crippen LogP) is 3.68. The number of aryl methyl sites for hydroxylation is 2. The van der Waals surface area contributed by atoms with Crippen molar-refractivity contribution in [2.75, 3.05) is 12.4 Å². The Bertz CT molecular complexity index is 424. The van der Waals surface area contributed by atoms with Crippen LogP contribution in [0.3, 0.4) is 0 Å². The lowest BCUT2D eigenvalue weighted by molar-refractivity contribution is 0.0704. The molecule has 0 fully saturated rings. The Morgan fingerprint density at radius 2 is 1.89 bits per heavy atom. The highest BCUT2D eigenvalue weighted by atomic mass is 35.5. The van der Waals surface area contributed by atoms with Crippen LogP contribution in [0.2, 0.25) is 0 Å². The van der Waals surface area contributed by atoms with Gasteiger partial charge in [-0.2, -0.15) is 0 Å². The first-order chi connectivity index (χ1) is 8.40. The maximum Gasteiger partial charge on any atom is 0.257 e. The SMILES string of the molecule is Cc1oc(C)c(C(=O)N(CCCCl)C(C)C)c1C. The molecule has 0 saturated carbocycles. The van der Waals surface area contributed by atoms with Crippen molar-refractivity contribution in [3.8, 4) is 0 Å². The molecule has 1 aromatic rings. The first-order valence-corrected chi connectivity index (χ1v) is 6.87. The van der Waals surface area contributed by atoms with E-state index in [1.165, 1.54) is 0 Å². The fraction of sp³-hybridized carbons (Fsp3) is 0.643. The molecule has 1 heterocycles. The first kappa shape index (κ1) is 15.1. The number of carbonyl (C=O) groups is 1. The summed E-state index contributed by atoms with van der Waals surface area (Å²) >= 11 is 5.71. The highest BCUT2D eigenvalue weighted by Crippen LogP contribution is 2.23. The number of furan rings is 1. The van der Waals surface area contributed by atoms with Gasteiger partial charge in [0.1, 0.15) is 11.5 Å². The number of rotatable bonds is 5. The Labute approximate surface area is 114 Å². The standard InChI is InChI=1S/C14H22ClNO2/c1-9(2)16(8-6-7-15)14(17)13-10(3)11(4)18-12(13)5/h9H,6-8H2,1-5H3. The van der Waals surface area contributed by atoms with Crippen molar-refractivity contribution in [3.63, 3.8) is 0 Å². The maximum absolute atomic E-state index is 12.6. The molecule has 0 bridgehead atoms. The number of amides is 1. The van der Waals surface area contributed by atoms with Gasteiger partial charge in [-0.15, -0.1) is 11.6 Å². The van der Waals surface area contributed by atoms with Crippen LogP contribution in [0, 0.1) is 20.8 Å². The molecule has 1 aromatic heterocycles. The van der Waals surface area contributed by atoms with Crippen LogP contribution >= 0.6 is 11.6 Å². The molecule has 0 radical (unpaired) electrons. The fourth-order valence-electron chi connectivity index (χ4n) is 2.08. The number of nitrogens with zero attached hydrogens (tertiary/aromatic N) is 1. The van der Waals surface area contributed by atoms with Gasteiger partial charge >= 0.3 is 0 Å². The largest absolute Gasteiger partial charge is 0.466 e. The van der Waals surface area contributed by atoms with E-state index >= 15 is 0 Å². The zero-order valence-corrected chi connectivity index (χ0v) is 12.6. The predicted molar refractivity (Wildman–Crippen MR) is 74.4 cm³/mol. The average molecular weight is 272 g/mol. The van der Waals surface area contributed by atoms with Gasteiger partial charge in [-0.3, -0.25) is 4.79 Å². The zero-order chi connectivity index (χ0) is 13.9. The third-order valence-electron chi connectivity index (χ3n) is 3.19. The van der Waals surface area contributed by atoms with E-state index in [0.717, 1.165) is 17.7 Å². The van der Waals surface area contributed by atoms with Crippen molar-refractivity contribution < 1.29 is 9.21 Å². The molecule has 0 aliphatic rings. The van der Waals surface area contributed by atoms with Gasteiger partial charge in [-0.25, -0.2) is 0 Å². The number of halogens is 1. The molecule has 102 valence electrons. The monoisotopic (exact) mass is 271 g/mol. The Kier molecular flexibility index (Phi) is 5.27. The van der Waals surface area contributed by atoms with Gasteiger partial charge in [0.2, 0.25) is 0 Å². The Hall–Kier alpha value is -0.960. The van der Waals surface area contributed by atoms with E-state index in [0.29, 0.717) is 23.7 Å². The van der Waals surface area contributed by atoms with E-state index < -0.39 is 0 Å². The van der Waals surface area contributed by atoms with E-state index in [1.54, 1.807) is 0 Å². The number of hydrogen-bond donors (Lipinski definition) is 0. The van der Waals surface area contributed by atoms with Crippen molar-refractivity contribution in [1.29, 1.82) is 0 Å². The normalized spacial score (nSPS) is 11.1. The van der Waals surface area contributed by atoms with E-state index in [-0.39, 0.29) is 11.9 Å². The van der Waals surface area contributed by atoms with Gasteiger partial charge in [0.15, 0.2) is 0 Å². The molecule has 4 heteroatoms. The van der Waals surface area contributed by atoms with Crippen molar-refractivity contribution in [2.45, 2.75) is 47.1 Å². The lowest BCUT2D eigenvalue weighted by Gasteiger charge is -2.26. The van der Waals surface area contributed by atoms with Crippen LogP contribution < -0.4 is 0 Å². The molecular formula is C14H22ClNO2. The van der Waals surface area contributed by atoms with Crippen molar-refractivity contribution >= 4 is 17.5 Å². The molecule has 1 rings (SSSR count). The summed E-state index contributed by atoms with van der Waals surface area (Å²) in [6, 6.07) is 0.162. The molecule has 0 aromatic carbocycles. The van der Waals surface area contributed by atoms with Crippen molar-refractivity contribution in [3.05, 3.63) is 22.6 Å². The highest BCUT2D eigenvalue weighted by Gasteiger charge is 2.25. The van der Waals surface area contributed by atoms with Crippen LogP contribution in [0.1, 0.15) is 47.7 Å². The minimum atomic E-state index is 0.0435. The van der Waals surface area contributed by atoms with Crippen molar-refractivity contribution in [1.82, 2.24) is 4.90 Å². The second-order valence-corrected chi connectivity index (χ2v) is 5.23. The summed E-state index contributed by atoms with van der Waals surface area (Å²) in [5.74, 6) is 2.13. The van der Waals surface area contributed by atoms with Crippen LogP contribution in [0.25, 0.3) is 0 Å². The minimum absolute atomic E-state index is 0.0435. The summed E-state index contributed by atoms with van der Waals surface area (Å²) in [5, 5.41) is 0. The van der Waals surface area contributed by atoms with E-state index in [2.05, 4.69) is 0 Å². The summed E-state index contributed by atoms with van der Waals surface area (Å²) in [4.78, 5) is 14.4. The number of carbonyl (C=O) groups excluding carboxylic acids is 1. The van der Waals surface area contributed by atoms with Gasteiger partial charge in [-0.1, -0.05) is 0 Å². The third-order valence-corrected chi connectivity index (χ3v) is 3.46. The quantitative estimate of drug-likeness (QED) is 0.766. The highest BCUT2D eigenvalue weighted by molar-refractivity contribution is 6.17. The van der Waals surface area contributed by atoms with E-state index in [4.69, 9.17) is 16.0 Å². The Morgan fingerprint density at radius 1 is 1.28 bits per heavy atom. The fourth-order valence-corrected chi connectivity index (χ4v) is 2.20. The molecule has 0 spiro atoms. The topological polar surface area (TPSA) is 33.5 Å².